The van der Waals surface area contributed by atoms with E-state index in [0.29, 0.717) is 6.54 Å². The van der Waals surface area contributed by atoms with Gasteiger partial charge in [0.05, 0.1) is 13.5 Å². The molecular weight excluding hydrogens is 450 g/mol. The molecule has 0 fully saturated rings. The molecule has 1 aromatic heterocycles. The zero-order valence-electron chi connectivity index (χ0n) is 20.2. The van der Waals surface area contributed by atoms with E-state index in [1.165, 1.54) is 0 Å². The first kappa shape index (κ1) is 24.7. The number of methoxy groups -OCH3 is 1. The van der Waals surface area contributed by atoms with Crippen LogP contribution in [0.2, 0.25) is 0 Å². The lowest BCUT2D eigenvalue weighted by Gasteiger charge is -2.32. The summed E-state index contributed by atoms with van der Waals surface area (Å²) in [6.07, 6.45) is 3.57. The van der Waals surface area contributed by atoms with Gasteiger partial charge in [-0.3, -0.25) is 14.6 Å². The number of nitrogens with zero attached hydrogens (tertiary/aromatic N) is 2. The Balaban J connectivity index is 1.66. The highest BCUT2D eigenvalue weighted by molar-refractivity contribution is 5.89. The minimum Gasteiger partial charge on any atom is -0.497 e. The van der Waals surface area contributed by atoms with E-state index >= 15 is 0 Å². The molecule has 0 radical (unpaired) electrons. The fourth-order valence-electron chi connectivity index (χ4n) is 4.02. The monoisotopic (exact) mass is 479 g/mol. The maximum Gasteiger partial charge on any atom is 0.247 e. The third kappa shape index (κ3) is 6.57. The fourth-order valence-corrected chi connectivity index (χ4v) is 4.02. The fraction of sp³-hybridized carbons (Fsp3) is 0.167. The zero-order chi connectivity index (χ0) is 25.2. The van der Waals surface area contributed by atoms with Gasteiger partial charge in [0.15, 0.2) is 0 Å². The van der Waals surface area contributed by atoms with Crippen LogP contribution in [0.15, 0.2) is 109 Å². The van der Waals surface area contributed by atoms with Gasteiger partial charge in [-0.2, -0.15) is 0 Å². The lowest BCUT2D eigenvalue weighted by molar-refractivity contribution is -0.141. The lowest BCUT2D eigenvalue weighted by atomic mass is 10.0. The van der Waals surface area contributed by atoms with Gasteiger partial charge >= 0.3 is 0 Å². The third-order valence-electron chi connectivity index (χ3n) is 5.92. The second-order valence-corrected chi connectivity index (χ2v) is 8.42. The van der Waals surface area contributed by atoms with Gasteiger partial charge < -0.3 is 15.0 Å². The average molecular weight is 480 g/mol. The molecule has 4 rings (SSSR count). The van der Waals surface area contributed by atoms with E-state index in [-0.39, 0.29) is 24.8 Å². The number of carbonyl (C=O) groups is 2. The van der Waals surface area contributed by atoms with Crippen molar-refractivity contribution in [3.63, 3.8) is 0 Å². The van der Waals surface area contributed by atoms with E-state index in [4.69, 9.17) is 4.74 Å². The molecule has 4 aromatic rings. The largest absolute Gasteiger partial charge is 0.497 e. The van der Waals surface area contributed by atoms with E-state index in [2.05, 4.69) is 10.3 Å². The Morgan fingerprint density at radius 1 is 0.806 bits per heavy atom. The second kappa shape index (κ2) is 12.3. The van der Waals surface area contributed by atoms with Crippen LogP contribution in [-0.2, 0) is 29.1 Å². The smallest absolute Gasteiger partial charge is 0.247 e. The summed E-state index contributed by atoms with van der Waals surface area (Å²) in [5.74, 6) is 0.355. The second-order valence-electron chi connectivity index (χ2n) is 8.42. The molecule has 1 atom stereocenters. The summed E-state index contributed by atoms with van der Waals surface area (Å²) in [7, 11) is 1.61. The van der Waals surface area contributed by atoms with E-state index in [1.807, 2.05) is 97.1 Å². The molecule has 182 valence electrons. The number of amides is 2. The minimum absolute atomic E-state index is 0.134. The normalized spacial score (nSPS) is 11.4. The summed E-state index contributed by atoms with van der Waals surface area (Å²) >= 11 is 0. The maximum atomic E-state index is 13.7. The van der Waals surface area contributed by atoms with Crippen molar-refractivity contribution < 1.29 is 14.3 Å². The number of benzene rings is 3. The topological polar surface area (TPSA) is 71.5 Å². The zero-order valence-corrected chi connectivity index (χ0v) is 20.2. The molecule has 1 N–H and O–H groups in total. The summed E-state index contributed by atoms with van der Waals surface area (Å²) in [6, 6.07) is 29.5. The molecule has 36 heavy (non-hydrogen) atoms. The molecule has 0 saturated heterocycles. The van der Waals surface area contributed by atoms with Crippen LogP contribution in [0.25, 0.3) is 0 Å². The summed E-state index contributed by atoms with van der Waals surface area (Å²) in [6.45, 7) is 0.617. The summed E-state index contributed by atoms with van der Waals surface area (Å²) in [4.78, 5) is 33.1. The van der Waals surface area contributed by atoms with E-state index in [1.54, 1.807) is 24.4 Å². The molecule has 3 aromatic carbocycles. The van der Waals surface area contributed by atoms with Crippen molar-refractivity contribution in [2.75, 3.05) is 7.11 Å². The lowest BCUT2D eigenvalue weighted by Crippen LogP contribution is -2.43. The van der Waals surface area contributed by atoms with Gasteiger partial charge in [-0.05, 0) is 46.5 Å². The highest BCUT2D eigenvalue weighted by Crippen LogP contribution is 2.26. The molecule has 0 spiro atoms. The van der Waals surface area contributed by atoms with Crippen molar-refractivity contribution in [3.05, 3.63) is 132 Å². The van der Waals surface area contributed by atoms with Gasteiger partial charge in [0.1, 0.15) is 11.8 Å². The maximum absolute atomic E-state index is 13.7. The van der Waals surface area contributed by atoms with Gasteiger partial charge in [0.25, 0.3) is 0 Å². The first-order valence-corrected chi connectivity index (χ1v) is 11.8. The van der Waals surface area contributed by atoms with Crippen molar-refractivity contribution in [1.29, 1.82) is 0 Å². The van der Waals surface area contributed by atoms with Gasteiger partial charge in [-0.1, -0.05) is 72.8 Å². The standard InChI is InChI=1S/C30H29N3O3/c1-36-27-14-12-25(13-15-27)22-33(28(34)20-23-8-4-2-5-9-23)29(26-10-6-3-7-11-26)30(35)32-21-24-16-18-31-19-17-24/h2-19,29H,20-22H2,1H3,(H,32,35)/t29-/m0/s1. The van der Waals surface area contributed by atoms with Crippen LogP contribution in [-0.4, -0.2) is 28.8 Å². The van der Waals surface area contributed by atoms with Crippen molar-refractivity contribution in [2.45, 2.75) is 25.6 Å². The number of hydrogen-bond donors (Lipinski definition) is 1. The molecule has 0 saturated carbocycles. The quantitative estimate of drug-likeness (QED) is 0.357. The predicted octanol–water partition coefficient (Wildman–Crippen LogP) is 4.72. The van der Waals surface area contributed by atoms with Crippen LogP contribution < -0.4 is 10.1 Å². The van der Waals surface area contributed by atoms with Crippen LogP contribution in [0.1, 0.15) is 28.3 Å². The molecule has 0 aliphatic rings. The van der Waals surface area contributed by atoms with E-state index in [9.17, 15) is 9.59 Å². The van der Waals surface area contributed by atoms with E-state index in [0.717, 1.165) is 28.0 Å². The van der Waals surface area contributed by atoms with Gasteiger partial charge in [0.2, 0.25) is 11.8 Å². The number of hydrogen-bond acceptors (Lipinski definition) is 4. The molecule has 0 aliphatic carbocycles. The number of carbonyl (C=O) groups excluding carboxylic acids is 2. The molecule has 6 nitrogen and oxygen atoms in total. The van der Waals surface area contributed by atoms with Crippen molar-refractivity contribution in [1.82, 2.24) is 15.2 Å². The Kier molecular flexibility index (Phi) is 8.44. The Morgan fingerprint density at radius 3 is 2.08 bits per heavy atom. The molecule has 0 unspecified atom stereocenters. The van der Waals surface area contributed by atoms with Gasteiger partial charge in [-0.25, -0.2) is 0 Å². The molecule has 1 heterocycles. The first-order chi connectivity index (χ1) is 17.6. The number of pyridine rings is 1. The van der Waals surface area contributed by atoms with Crippen molar-refractivity contribution in [3.8, 4) is 5.75 Å². The van der Waals surface area contributed by atoms with Crippen LogP contribution in [0.5, 0.6) is 5.75 Å². The first-order valence-electron chi connectivity index (χ1n) is 11.8. The summed E-state index contributed by atoms with van der Waals surface area (Å²) < 4.78 is 5.28. The van der Waals surface area contributed by atoms with Crippen molar-refractivity contribution in [2.24, 2.45) is 0 Å². The number of aromatic nitrogens is 1. The Labute approximate surface area is 211 Å². The summed E-state index contributed by atoms with van der Waals surface area (Å²) in [5, 5.41) is 3.02. The highest BCUT2D eigenvalue weighted by atomic mass is 16.5. The number of nitrogens with one attached hydrogen (secondary N) is 1. The minimum atomic E-state index is -0.800. The number of ether oxygens (including phenoxy) is 1. The van der Waals surface area contributed by atoms with Crippen LogP contribution in [0.4, 0.5) is 0 Å². The molecular formula is C30H29N3O3. The molecule has 0 aliphatic heterocycles. The highest BCUT2D eigenvalue weighted by Gasteiger charge is 2.31. The molecule has 2 amide bonds. The van der Waals surface area contributed by atoms with Crippen molar-refractivity contribution >= 4 is 11.8 Å². The Bertz CT molecular complexity index is 1250. The van der Waals surface area contributed by atoms with Gasteiger partial charge in [0, 0.05) is 25.5 Å². The molecule has 6 heteroatoms. The SMILES string of the molecule is COc1ccc(CN(C(=O)Cc2ccccc2)[C@H](C(=O)NCc2ccncc2)c2ccccc2)cc1. The Morgan fingerprint density at radius 2 is 1.44 bits per heavy atom. The third-order valence-corrected chi connectivity index (χ3v) is 5.92. The van der Waals surface area contributed by atoms with E-state index < -0.39 is 6.04 Å². The molecule has 0 bridgehead atoms. The summed E-state index contributed by atoms with van der Waals surface area (Å²) in [5.41, 5.74) is 3.48. The van der Waals surface area contributed by atoms with Crippen LogP contribution in [0, 0.1) is 0 Å². The van der Waals surface area contributed by atoms with Crippen LogP contribution in [0.3, 0.4) is 0 Å². The predicted molar refractivity (Wildman–Crippen MR) is 139 cm³/mol. The average Bonchev–Trinajstić information content (AvgIpc) is 2.93. The Hall–Kier alpha value is -4.45. The van der Waals surface area contributed by atoms with Gasteiger partial charge in [-0.15, -0.1) is 0 Å². The number of rotatable bonds is 10. The van der Waals surface area contributed by atoms with Crippen LogP contribution >= 0.6 is 0 Å².